The zero-order valence-electron chi connectivity index (χ0n) is 13.2. The van der Waals surface area contributed by atoms with Crippen LogP contribution in [0.25, 0.3) is 0 Å². The molecule has 0 aromatic heterocycles. The van der Waals surface area contributed by atoms with Crippen molar-refractivity contribution in [2.45, 2.75) is 6.54 Å². The van der Waals surface area contributed by atoms with E-state index in [1.165, 1.54) is 12.1 Å². The summed E-state index contributed by atoms with van der Waals surface area (Å²) in [5, 5.41) is 11.2. The number of hydrogen-bond acceptors (Lipinski definition) is 6. The minimum atomic E-state index is -0.610. The van der Waals surface area contributed by atoms with Gasteiger partial charge in [0, 0.05) is 12.1 Å². The maximum absolute atomic E-state index is 12.6. The molecular weight excluding hydrogens is 364 g/mol. The minimum absolute atomic E-state index is 0.0211. The molecule has 26 heavy (non-hydrogen) atoms. The number of nitro benzene ring substituents is 1. The Balaban J connectivity index is 1.65. The van der Waals surface area contributed by atoms with Crippen LogP contribution >= 0.6 is 11.6 Å². The molecule has 2 aliphatic heterocycles. The molecule has 0 saturated carbocycles. The largest absolute Gasteiger partial charge is 0.486 e. The lowest BCUT2D eigenvalue weighted by molar-refractivity contribution is -0.384. The molecule has 0 bridgehead atoms. The van der Waals surface area contributed by atoms with Crippen LogP contribution in [0.2, 0.25) is 5.02 Å². The average molecular weight is 375 g/mol. The minimum Gasteiger partial charge on any atom is -0.486 e. The summed E-state index contributed by atoms with van der Waals surface area (Å²) in [6.45, 7) is 0.739. The number of carbonyl (C=O) groups is 2. The summed E-state index contributed by atoms with van der Waals surface area (Å²) in [6, 6.07) is 6.87. The fourth-order valence-electron chi connectivity index (χ4n) is 2.97. The Hall–Kier alpha value is -3.13. The second kappa shape index (κ2) is 5.99. The summed E-state index contributed by atoms with van der Waals surface area (Å²) in [6.07, 6.45) is 0. The quantitative estimate of drug-likeness (QED) is 0.465. The van der Waals surface area contributed by atoms with Gasteiger partial charge in [-0.15, -0.1) is 0 Å². The third kappa shape index (κ3) is 2.55. The van der Waals surface area contributed by atoms with Crippen molar-refractivity contribution < 1.29 is 24.0 Å². The highest BCUT2D eigenvalue weighted by Crippen LogP contribution is 2.39. The van der Waals surface area contributed by atoms with E-state index in [4.69, 9.17) is 21.1 Å². The Morgan fingerprint density at radius 1 is 1.08 bits per heavy atom. The van der Waals surface area contributed by atoms with Gasteiger partial charge in [-0.1, -0.05) is 11.6 Å². The number of ether oxygens (including phenoxy) is 2. The van der Waals surface area contributed by atoms with Crippen LogP contribution in [-0.2, 0) is 6.54 Å². The van der Waals surface area contributed by atoms with Crippen LogP contribution in [0.3, 0.4) is 0 Å². The molecule has 2 heterocycles. The number of non-ortho nitro benzene ring substituents is 1. The van der Waals surface area contributed by atoms with Crippen molar-refractivity contribution in [2.75, 3.05) is 13.2 Å². The Morgan fingerprint density at radius 3 is 2.58 bits per heavy atom. The highest BCUT2D eigenvalue weighted by molar-refractivity contribution is 6.32. The van der Waals surface area contributed by atoms with Crippen LogP contribution in [-0.4, -0.2) is 34.9 Å². The van der Waals surface area contributed by atoms with Gasteiger partial charge in [-0.25, -0.2) is 0 Å². The molecule has 9 heteroatoms. The smallest absolute Gasteiger partial charge is 0.270 e. The number of rotatable bonds is 3. The fourth-order valence-corrected chi connectivity index (χ4v) is 3.26. The molecule has 0 radical (unpaired) electrons. The molecule has 2 aliphatic rings. The van der Waals surface area contributed by atoms with E-state index in [2.05, 4.69) is 0 Å². The van der Waals surface area contributed by atoms with Gasteiger partial charge < -0.3 is 9.47 Å². The average Bonchev–Trinajstić information content (AvgIpc) is 2.86. The third-order valence-electron chi connectivity index (χ3n) is 4.16. The molecule has 0 unspecified atom stereocenters. The van der Waals surface area contributed by atoms with Gasteiger partial charge in [0.05, 0.1) is 27.6 Å². The van der Waals surface area contributed by atoms with Gasteiger partial charge in [-0.3, -0.25) is 24.6 Å². The molecule has 0 N–H and O–H groups in total. The summed E-state index contributed by atoms with van der Waals surface area (Å²) < 4.78 is 10.9. The van der Waals surface area contributed by atoms with Crippen LogP contribution < -0.4 is 9.47 Å². The maximum Gasteiger partial charge on any atom is 0.270 e. The molecule has 0 aliphatic carbocycles. The van der Waals surface area contributed by atoms with E-state index < -0.39 is 16.7 Å². The second-order valence-electron chi connectivity index (χ2n) is 5.79. The first-order valence-electron chi connectivity index (χ1n) is 7.68. The summed E-state index contributed by atoms with van der Waals surface area (Å²) in [4.78, 5) is 36.4. The Bertz CT molecular complexity index is 974. The van der Waals surface area contributed by atoms with E-state index in [0.717, 1.165) is 11.0 Å². The number of imide groups is 1. The van der Waals surface area contributed by atoms with Crippen molar-refractivity contribution in [1.82, 2.24) is 4.90 Å². The van der Waals surface area contributed by atoms with Gasteiger partial charge in [-0.2, -0.15) is 0 Å². The molecule has 132 valence electrons. The van der Waals surface area contributed by atoms with Crippen molar-refractivity contribution in [1.29, 1.82) is 0 Å². The van der Waals surface area contributed by atoms with E-state index in [-0.39, 0.29) is 23.4 Å². The van der Waals surface area contributed by atoms with Crippen LogP contribution in [0.1, 0.15) is 26.3 Å². The first kappa shape index (κ1) is 16.3. The second-order valence-corrected chi connectivity index (χ2v) is 6.19. The number of fused-ring (bicyclic) bond motifs is 2. The summed E-state index contributed by atoms with van der Waals surface area (Å²) in [5.41, 5.74) is 0.509. The fraction of sp³-hybridized carbons (Fsp3) is 0.176. The summed E-state index contributed by atoms with van der Waals surface area (Å²) in [7, 11) is 0. The zero-order valence-corrected chi connectivity index (χ0v) is 14.0. The van der Waals surface area contributed by atoms with Crippen LogP contribution in [0.4, 0.5) is 5.69 Å². The molecule has 8 nitrogen and oxygen atoms in total. The molecule has 2 aromatic rings. The molecule has 0 fully saturated rings. The number of halogens is 1. The van der Waals surface area contributed by atoms with Crippen molar-refractivity contribution in [3.63, 3.8) is 0 Å². The Morgan fingerprint density at radius 2 is 1.81 bits per heavy atom. The summed E-state index contributed by atoms with van der Waals surface area (Å²) in [5.74, 6) is -0.212. The number of benzene rings is 2. The molecular formula is C17H11ClN2O6. The number of carbonyl (C=O) groups excluding carboxylic acids is 2. The van der Waals surface area contributed by atoms with Gasteiger partial charge in [0.2, 0.25) is 0 Å². The normalized spacial score (nSPS) is 15.2. The highest BCUT2D eigenvalue weighted by Gasteiger charge is 2.37. The highest BCUT2D eigenvalue weighted by atomic mass is 35.5. The third-order valence-corrected chi connectivity index (χ3v) is 4.44. The van der Waals surface area contributed by atoms with Gasteiger partial charge in [-0.05, 0) is 23.8 Å². The Labute approximate surface area is 152 Å². The van der Waals surface area contributed by atoms with Crippen LogP contribution in [0, 0.1) is 10.1 Å². The van der Waals surface area contributed by atoms with Crippen molar-refractivity contribution in [2.24, 2.45) is 0 Å². The van der Waals surface area contributed by atoms with Crippen LogP contribution in [0.5, 0.6) is 11.5 Å². The lowest BCUT2D eigenvalue weighted by Crippen LogP contribution is -2.29. The first-order chi connectivity index (χ1) is 12.5. The monoisotopic (exact) mass is 374 g/mol. The van der Waals surface area contributed by atoms with E-state index in [1.54, 1.807) is 12.1 Å². The molecule has 2 amide bonds. The molecule has 0 saturated heterocycles. The molecule has 2 aromatic carbocycles. The van der Waals surface area contributed by atoms with Gasteiger partial charge in [0.1, 0.15) is 13.2 Å². The zero-order chi connectivity index (χ0) is 18.4. The van der Waals surface area contributed by atoms with Crippen LogP contribution in [0.15, 0.2) is 30.3 Å². The van der Waals surface area contributed by atoms with E-state index in [9.17, 15) is 19.7 Å². The van der Waals surface area contributed by atoms with Crippen molar-refractivity contribution >= 4 is 29.1 Å². The number of hydrogen-bond donors (Lipinski definition) is 0. The van der Waals surface area contributed by atoms with Gasteiger partial charge >= 0.3 is 0 Å². The van der Waals surface area contributed by atoms with Gasteiger partial charge in [0.15, 0.2) is 11.5 Å². The maximum atomic E-state index is 12.6. The molecule has 0 spiro atoms. The standard InChI is InChI=1S/C17H11ClN2O6/c18-13-5-9(6-14-15(13)26-4-3-25-14)8-19-16(21)11-2-1-10(20(23)24)7-12(11)17(19)22/h1-2,5-7H,3-4,8H2. The van der Waals surface area contributed by atoms with E-state index >= 15 is 0 Å². The molecule has 4 rings (SSSR count). The van der Waals surface area contributed by atoms with Gasteiger partial charge in [0.25, 0.3) is 17.5 Å². The van der Waals surface area contributed by atoms with Crippen molar-refractivity contribution in [3.8, 4) is 11.5 Å². The lowest BCUT2D eigenvalue weighted by atomic mass is 10.1. The van der Waals surface area contributed by atoms with E-state index in [1.807, 2.05) is 0 Å². The lowest BCUT2D eigenvalue weighted by Gasteiger charge is -2.21. The number of nitro groups is 1. The number of nitrogens with zero attached hydrogens (tertiary/aromatic N) is 2. The summed E-state index contributed by atoms with van der Waals surface area (Å²) >= 11 is 6.18. The topological polar surface area (TPSA) is 99.0 Å². The first-order valence-corrected chi connectivity index (χ1v) is 8.06. The predicted molar refractivity (Wildman–Crippen MR) is 89.7 cm³/mol. The Kier molecular flexibility index (Phi) is 3.77. The SMILES string of the molecule is O=C1c2ccc([N+](=O)[O-])cc2C(=O)N1Cc1cc(Cl)c2c(c1)OCCO2. The predicted octanol–water partition coefficient (Wildman–Crippen LogP) is 2.82. The number of amides is 2. The molecule has 0 atom stereocenters. The van der Waals surface area contributed by atoms with E-state index in [0.29, 0.717) is 35.3 Å². The van der Waals surface area contributed by atoms with Crippen molar-refractivity contribution in [3.05, 3.63) is 62.2 Å².